The van der Waals surface area contributed by atoms with Gasteiger partial charge in [0.15, 0.2) is 11.4 Å². The minimum Gasteiger partial charge on any atom is -0.465 e. The molecule has 7 nitrogen and oxygen atoms in total. The number of anilines is 1. The largest absolute Gasteiger partial charge is 0.465 e. The highest BCUT2D eigenvalue weighted by molar-refractivity contribution is 6.31. The van der Waals surface area contributed by atoms with Crippen LogP contribution in [0.5, 0.6) is 0 Å². The van der Waals surface area contributed by atoms with Crippen molar-refractivity contribution in [1.29, 1.82) is 0 Å². The lowest BCUT2D eigenvalue weighted by molar-refractivity contribution is 0.177. The van der Waals surface area contributed by atoms with Gasteiger partial charge in [0.05, 0.1) is 5.39 Å². The van der Waals surface area contributed by atoms with Crippen molar-refractivity contribution < 1.29 is 14.4 Å². The number of fused-ring (bicyclic) bond motifs is 1. The normalized spacial score (nSPS) is 23.8. The van der Waals surface area contributed by atoms with Gasteiger partial charge in [-0.05, 0) is 56.7 Å². The van der Waals surface area contributed by atoms with E-state index in [2.05, 4.69) is 20.3 Å². The number of nitrogens with zero attached hydrogens (tertiary/aromatic N) is 3. The molecular formula is C20H27ClN4O3. The average molecular weight is 407 g/mol. The first-order chi connectivity index (χ1) is 13.6. The van der Waals surface area contributed by atoms with Gasteiger partial charge in [-0.1, -0.05) is 16.8 Å². The fourth-order valence-corrected chi connectivity index (χ4v) is 4.61. The highest BCUT2D eigenvalue weighted by Crippen LogP contribution is 2.30. The molecule has 0 unspecified atom stereocenters. The van der Waals surface area contributed by atoms with E-state index in [1.165, 1.54) is 6.42 Å². The van der Waals surface area contributed by atoms with Crippen molar-refractivity contribution in [3.63, 3.8) is 0 Å². The monoisotopic (exact) mass is 406 g/mol. The Morgan fingerprint density at radius 1 is 1.21 bits per heavy atom. The first-order valence-corrected chi connectivity index (χ1v) is 10.5. The minimum absolute atomic E-state index is 0.143. The molecule has 1 aromatic heterocycles. The van der Waals surface area contributed by atoms with E-state index in [9.17, 15) is 4.79 Å². The third-order valence-corrected chi connectivity index (χ3v) is 6.35. The first kappa shape index (κ1) is 19.3. The Kier molecular flexibility index (Phi) is 5.92. The van der Waals surface area contributed by atoms with Crippen LogP contribution in [0.4, 0.5) is 10.6 Å². The molecule has 2 fully saturated rings. The molecular weight excluding hydrogens is 380 g/mol. The second kappa shape index (κ2) is 8.57. The highest BCUT2D eigenvalue weighted by Gasteiger charge is 2.25. The van der Waals surface area contributed by atoms with Gasteiger partial charge in [-0.15, -0.1) is 0 Å². The second-order valence-electron chi connectivity index (χ2n) is 7.93. The molecule has 0 bridgehead atoms. The van der Waals surface area contributed by atoms with Crippen LogP contribution in [0.2, 0.25) is 5.02 Å². The summed E-state index contributed by atoms with van der Waals surface area (Å²) in [5, 5.41) is 17.4. The van der Waals surface area contributed by atoms with Crippen LogP contribution in [0, 0.1) is 5.92 Å². The summed E-state index contributed by atoms with van der Waals surface area (Å²) in [6.45, 7) is 5.06. The number of nitrogens with one attached hydrogen (secondary N) is 1. The molecule has 1 aliphatic carbocycles. The summed E-state index contributed by atoms with van der Waals surface area (Å²) in [7, 11) is 0. The van der Waals surface area contributed by atoms with Crippen molar-refractivity contribution in [1.82, 2.24) is 15.4 Å². The molecule has 152 valence electrons. The summed E-state index contributed by atoms with van der Waals surface area (Å²) in [5.41, 5.74) is 0.734. The van der Waals surface area contributed by atoms with Crippen molar-refractivity contribution in [3.05, 3.63) is 23.2 Å². The molecule has 2 aromatic rings. The molecule has 1 aromatic carbocycles. The van der Waals surface area contributed by atoms with Crippen molar-refractivity contribution in [2.75, 3.05) is 37.6 Å². The zero-order valence-corrected chi connectivity index (χ0v) is 16.7. The maximum atomic E-state index is 10.7. The molecule has 1 amide bonds. The van der Waals surface area contributed by atoms with E-state index in [-0.39, 0.29) is 6.04 Å². The topological polar surface area (TPSA) is 81.8 Å². The fraction of sp³-hybridized carbons (Fsp3) is 0.600. The third-order valence-electron chi connectivity index (χ3n) is 6.11. The summed E-state index contributed by atoms with van der Waals surface area (Å²) in [5.74, 6) is 1.63. The molecule has 2 aliphatic rings. The number of rotatable bonds is 5. The van der Waals surface area contributed by atoms with Gasteiger partial charge in [0.25, 0.3) is 0 Å². The van der Waals surface area contributed by atoms with Crippen LogP contribution in [-0.2, 0) is 0 Å². The van der Waals surface area contributed by atoms with E-state index < -0.39 is 6.09 Å². The van der Waals surface area contributed by atoms with Gasteiger partial charge >= 0.3 is 6.09 Å². The minimum atomic E-state index is -0.899. The van der Waals surface area contributed by atoms with Crippen LogP contribution >= 0.6 is 11.6 Å². The highest BCUT2D eigenvalue weighted by atomic mass is 35.5. The number of amides is 1. The van der Waals surface area contributed by atoms with Crippen LogP contribution in [-0.4, -0.2) is 60.0 Å². The Balaban J connectivity index is 1.22. The van der Waals surface area contributed by atoms with E-state index in [0.717, 1.165) is 75.2 Å². The molecule has 1 saturated heterocycles. The standard InChI is InChI=1S/C20H27ClN4O3/c21-15-3-6-17-18(13-15)28-23-19(17)25-11-9-24(10-12-25)8-7-14-1-4-16(5-2-14)22-20(26)27/h3,6,13-14,16,22H,1-2,4-5,7-12H2,(H,26,27). The SMILES string of the molecule is O=C(O)NC1CCC(CCN2CCN(c3noc4cc(Cl)ccc34)CC2)CC1. The zero-order valence-electron chi connectivity index (χ0n) is 15.9. The quantitative estimate of drug-likeness (QED) is 0.785. The van der Waals surface area contributed by atoms with Crippen molar-refractivity contribution in [2.45, 2.75) is 38.1 Å². The van der Waals surface area contributed by atoms with Crippen LogP contribution < -0.4 is 10.2 Å². The lowest BCUT2D eigenvalue weighted by Gasteiger charge is -2.36. The molecule has 1 saturated carbocycles. The summed E-state index contributed by atoms with van der Waals surface area (Å²) < 4.78 is 5.44. The molecule has 28 heavy (non-hydrogen) atoms. The Labute approximate surface area is 169 Å². The van der Waals surface area contributed by atoms with E-state index in [4.69, 9.17) is 21.2 Å². The molecule has 0 radical (unpaired) electrons. The van der Waals surface area contributed by atoms with E-state index in [1.807, 2.05) is 18.2 Å². The summed E-state index contributed by atoms with van der Waals surface area (Å²) in [6.07, 6.45) is 4.48. The fourth-order valence-electron chi connectivity index (χ4n) is 4.44. The van der Waals surface area contributed by atoms with Crippen molar-refractivity contribution in [3.8, 4) is 0 Å². The van der Waals surface area contributed by atoms with Gasteiger partial charge in [-0.25, -0.2) is 4.79 Å². The van der Waals surface area contributed by atoms with Gasteiger partial charge in [0, 0.05) is 43.3 Å². The number of hydrogen-bond donors (Lipinski definition) is 2. The Morgan fingerprint density at radius 3 is 2.68 bits per heavy atom. The number of carboxylic acid groups (broad SMARTS) is 1. The molecule has 0 atom stereocenters. The maximum absolute atomic E-state index is 10.7. The third kappa shape index (κ3) is 4.52. The maximum Gasteiger partial charge on any atom is 0.404 e. The first-order valence-electron chi connectivity index (χ1n) is 10.1. The van der Waals surface area contributed by atoms with Gasteiger partial charge in [0.2, 0.25) is 0 Å². The number of piperazine rings is 1. The van der Waals surface area contributed by atoms with Crippen molar-refractivity contribution in [2.24, 2.45) is 5.92 Å². The molecule has 0 spiro atoms. The average Bonchev–Trinajstić information content (AvgIpc) is 3.10. The number of aromatic nitrogens is 1. The molecule has 1 aliphatic heterocycles. The Morgan fingerprint density at radius 2 is 1.96 bits per heavy atom. The van der Waals surface area contributed by atoms with E-state index in [1.54, 1.807) is 0 Å². The number of hydrogen-bond acceptors (Lipinski definition) is 5. The zero-order chi connectivity index (χ0) is 19.5. The van der Waals surface area contributed by atoms with Gasteiger partial charge < -0.3 is 19.8 Å². The predicted molar refractivity (Wildman–Crippen MR) is 109 cm³/mol. The smallest absolute Gasteiger partial charge is 0.404 e. The molecule has 2 heterocycles. The second-order valence-corrected chi connectivity index (χ2v) is 8.37. The lowest BCUT2D eigenvalue weighted by atomic mass is 9.84. The summed E-state index contributed by atoms with van der Waals surface area (Å²) in [6, 6.07) is 5.81. The summed E-state index contributed by atoms with van der Waals surface area (Å²) >= 11 is 6.02. The van der Waals surface area contributed by atoms with Crippen LogP contribution in [0.3, 0.4) is 0 Å². The molecule has 8 heteroatoms. The number of halogens is 1. The number of carbonyl (C=O) groups is 1. The molecule has 4 rings (SSSR count). The molecule has 2 N–H and O–H groups in total. The lowest BCUT2D eigenvalue weighted by Crippen LogP contribution is -2.47. The Bertz CT molecular complexity index is 811. The van der Waals surface area contributed by atoms with Gasteiger partial charge in [0.1, 0.15) is 0 Å². The summed E-state index contributed by atoms with van der Waals surface area (Å²) in [4.78, 5) is 15.6. The van der Waals surface area contributed by atoms with Crippen LogP contribution in [0.1, 0.15) is 32.1 Å². The van der Waals surface area contributed by atoms with Gasteiger partial charge in [-0.3, -0.25) is 4.90 Å². The van der Waals surface area contributed by atoms with Crippen molar-refractivity contribution >= 4 is 34.5 Å². The number of benzene rings is 1. The van der Waals surface area contributed by atoms with Crippen LogP contribution in [0.25, 0.3) is 11.0 Å². The van der Waals surface area contributed by atoms with Crippen LogP contribution in [0.15, 0.2) is 22.7 Å². The van der Waals surface area contributed by atoms with E-state index in [0.29, 0.717) is 10.9 Å². The van der Waals surface area contributed by atoms with Gasteiger partial charge in [-0.2, -0.15) is 0 Å². The predicted octanol–water partition coefficient (Wildman–Crippen LogP) is 3.82. The Hall–Kier alpha value is -1.99. The van der Waals surface area contributed by atoms with E-state index >= 15 is 0 Å².